The molecule has 0 saturated heterocycles. The highest BCUT2D eigenvalue weighted by atomic mass is 16.3. The molecule has 92 valence electrons. The first-order chi connectivity index (χ1) is 7.22. The van der Waals surface area contributed by atoms with Gasteiger partial charge in [0.15, 0.2) is 0 Å². The van der Waals surface area contributed by atoms with Crippen LogP contribution in [0.25, 0.3) is 0 Å². The Morgan fingerprint density at radius 3 is 2.07 bits per heavy atom. The zero-order chi connectivity index (χ0) is 11.5. The van der Waals surface area contributed by atoms with Crippen molar-refractivity contribution in [1.82, 2.24) is 0 Å². The van der Waals surface area contributed by atoms with E-state index >= 15 is 0 Å². The monoisotopic (exact) mass is 217 g/mol. The number of hydrogen-bond acceptors (Lipinski definition) is 3. The van der Waals surface area contributed by atoms with E-state index in [1.807, 2.05) is 0 Å². The summed E-state index contributed by atoms with van der Waals surface area (Å²) in [7, 11) is 0. The highest BCUT2D eigenvalue weighted by Crippen LogP contribution is 2.10. The van der Waals surface area contributed by atoms with Gasteiger partial charge in [-0.05, 0) is 6.42 Å². The van der Waals surface area contributed by atoms with Gasteiger partial charge in [0.25, 0.3) is 0 Å². The molecule has 0 aromatic rings. The highest BCUT2D eigenvalue weighted by molar-refractivity contribution is 4.70. The molecule has 15 heavy (non-hydrogen) atoms. The molecule has 0 heterocycles. The Balaban J connectivity index is 3.16. The quantitative estimate of drug-likeness (QED) is 0.489. The van der Waals surface area contributed by atoms with Gasteiger partial charge < -0.3 is 15.9 Å². The molecule has 4 N–H and O–H groups in total. The van der Waals surface area contributed by atoms with Crippen LogP contribution in [0, 0.1) is 0 Å². The highest BCUT2D eigenvalue weighted by Gasteiger charge is 2.12. The van der Waals surface area contributed by atoms with Crippen molar-refractivity contribution < 1.29 is 10.2 Å². The molecular formula is C12H27NO2. The summed E-state index contributed by atoms with van der Waals surface area (Å²) >= 11 is 0. The molecule has 2 unspecified atom stereocenters. The molecule has 0 aromatic carbocycles. The lowest BCUT2D eigenvalue weighted by atomic mass is 10.0. The van der Waals surface area contributed by atoms with E-state index in [0.717, 1.165) is 12.8 Å². The van der Waals surface area contributed by atoms with E-state index in [0.29, 0.717) is 0 Å². The summed E-state index contributed by atoms with van der Waals surface area (Å²) in [5, 5.41) is 18.2. The van der Waals surface area contributed by atoms with Gasteiger partial charge in [-0.3, -0.25) is 0 Å². The van der Waals surface area contributed by atoms with Gasteiger partial charge in [0.2, 0.25) is 0 Å². The van der Waals surface area contributed by atoms with Crippen LogP contribution in [0.3, 0.4) is 0 Å². The summed E-state index contributed by atoms with van der Waals surface area (Å²) in [6, 6.07) is -0.468. The van der Waals surface area contributed by atoms with Gasteiger partial charge in [-0.1, -0.05) is 51.9 Å². The van der Waals surface area contributed by atoms with Crippen molar-refractivity contribution in [3.8, 4) is 0 Å². The Kier molecular flexibility index (Phi) is 10.3. The maximum absolute atomic E-state index is 9.47. The van der Waals surface area contributed by atoms with Crippen molar-refractivity contribution in [3.63, 3.8) is 0 Å². The smallest absolute Gasteiger partial charge is 0.0713 e. The summed E-state index contributed by atoms with van der Waals surface area (Å²) in [6.07, 6.45) is 8.86. The second-order valence-electron chi connectivity index (χ2n) is 4.32. The van der Waals surface area contributed by atoms with Crippen molar-refractivity contribution in [1.29, 1.82) is 0 Å². The average molecular weight is 217 g/mol. The summed E-state index contributed by atoms with van der Waals surface area (Å²) < 4.78 is 0. The summed E-state index contributed by atoms with van der Waals surface area (Å²) in [6.45, 7) is 2.09. The topological polar surface area (TPSA) is 66.5 Å². The van der Waals surface area contributed by atoms with Crippen molar-refractivity contribution in [2.45, 2.75) is 70.4 Å². The fourth-order valence-electron chi connectivity index (χ4n) is 1.65. The van der Waals surface area contributed by atoms with Gasteiger partial charge in [-0.2, -0.15) is 0 Å². The van der Waals surface area contributed by atoms with Crippen LogP contribution in [0.2, 0.25) is 0 Å². The molecule has 2 atom stereocenters. The van der Waals surface area contributed by atoms with E-state index < -0.39 is 12.1 Å². The van der Waals surface area contributed by atoms with Gasteiger partial charge in [-0.25, -0.2) is 0 Å². The first-order valence-corrected chi connectivity index (χ1v) is 6.26. The number of rotatable bonds is 10. The van der Waals surface area contributed by atoms with Gasteiger partial charge in [-0.15, -0.1) is 0 Å². The van der Waals surface area contributed by atoms with Crippen molar-refractivity contribution >= 4 is 0 Å². The maximum Gasteiger partial charge on any atom is 0.0713 e. The first-order valence-electron chi connectivity index (χ1n) is 6.26. The maximum atomic E-state index is 9.47. The molecule has 0 amide bonds. The van der Waals surface area contributed by atoms with Gasteiger partial charge >= 0.3 is 0 Å². The van der Waals surface area contributed by atoms with E-state index in [9.17, 15) is 5.11 Å². The van der Waals surface area contributed by atoms with Crippen LogP contribution in [-0.4, -0.2) is 29.0 Å². The number of hydrogen-bond donors (Lipinski definition) is 3. The predicted molar refractivity (Wildman–Crippen MR) is 63.7 cm³/mol. The zero-order valence-electron chi connectivity index (χ0n) is 9.99. The van der Waals surface area contributed by atoms with Crippen LogP contribution in [0.15, 0.2) is 0 Å². The second kappa shape index (κ2) is 10.4. The van der Waals surface area contributed by atoms with Crippen molar-refractivity contribution in [2.75, 3.05) is 6.61 Å². The van der Waals surface area contributed by atoms with E-state index in [1.54, 1.807) is 0 Å². The Labute approximate surface area is 93.7 Å². The Hall–Kier alpha value is -0.120. The molecule has 3 heteroatoms. The fraction of sp³-hybridized carbons (Fsp3) is 1.00. The lowest BCUT2D eigenvalue weighted by Gasteiger charge is -2.15. The van der Waals surface area contributed by atoms with E-state index in [1.165, 1.54) is 38.5 Å². The third kappa shape index (κ3) is 8.85. The van der Waals surface area contributed by atoms with E-state index in [-0.39, 0.29) is 6.61 Å². The second-order valence-corrected chi connectivity index (χ2v) is 4.32. The molecule has 0 saturated carbocycles. The Morgan fingerprint density at radius 2 is 1.53 bits per heavy atom. The molecule has 0 bridgehead atoms. The fourth-order valence-corrected chi connectivity index (χ4v) is 1.65. The predicted octanol–water partition coefficient (Wildman–Crippen LogP) is 1.81. The number of aliphatic hydroxyl groups is 2. The molecule has 0 radical (unpaired) electrons. The minimum absolute atomic E-state index is 0.127. The van der Waals surface area contributed by atoms with Crippen LogP contribution in [0.1, 0.15) is 58.3 Å². The lowest BCUT2D eigenvalue weighted by Crippen LogP contribution is -2.37. The number of unbranched alkanes of at least 4 members (excludes halogenated alkanes) is 6. The molecule has 0 fully saturated rings. The van der Waals surface area contributed by atoms with Crippen LogP contribution in [-0.2, 0) is 0 Å². The minimum Gasteiger partial charge on any atom is -0.395 e. The van der Waals surface area contributed by atoms with Gasteiger partial charge in [0.1, 0.15) is 0 Å². The molecule has 0 spiro atoms. The molecule has 0 aliphatic carbocycles. The average Bonchev–Trinajstić information content (AvgIpc) is 2.26. The lowest BCUT2D eigenvalue weighted by molar-refractivity contribution is 0.0990. The summed E-state index contributed by atoms with van der Waals surface area (Å²) in [5.41, 5.74) is 5.50. The number of aliphatic hydroxyl groups excluding tert-OH is 2. The molecule has 0 aromatic heterocycles. The Morgan fingerprint density at radius 1 is 1.00 bits per heavy atom. The third-order valence-corrected chi connectivity index (χ3v) is 2.81. The third-order valence-electron chi connectivity index (χ3n) is 2.81. The molecular weight excluding hydrogens is 190 g/mol. The minimum atomic E-state index is -0.536. The SMILES string of the molecule is CCCCCCCCCC(O)C(N)CO. The summed E-state index contributed by atoms with van der Waals surface area (Å²) in [4.78, 5) is 0. The largest absolute Gasteiger partial charge is 0.395 e. The van der Waals surface area contributed by atoms with Crippen LogP contribution in [0.4, 0.5) is 0 Å². The van der Waals surface area contributed by atoms with E-state index in [2.05, 4.69) is 6.92 Å². The Bertz CT molecular complexity index is 131. The summed E-state index contributed by atoms with van der Waals surface area (Å²) in [5.74, 6) is 0. The molecule has 0 rings (SSSR count). The first kappa shape index (κ1) is 14.9. The molecule has 0 aliphatic heterocycles. The number of nitrogens with two attached hydrogens (primary N) is 1. The van der Waals surface area contributed by atoms with Crippen LogP contribution >= 0.6 is 0 Å². The standard InChI is InChI=1S/C12H27NO2/c1-2-3-4-5-6-7-8-9-12(15)11(13)10-14/h11-12,14-15H,2-10,13H2,1H3. The molecule has 3 nitrogen and oxygen atoms in total. The van der Waals surface area contributed by atoms with Gasteiger partial charge in [0, 0.05) is 0 Å². The van der Waals surface area contributed by atoms with Crippen LogP contribution in [0.5, 0.6) is 0 Å². The van der Waals surface area contributed by atoms with Crippen molar-refractivity contribution in [3.05, 3.63) is 0 Å². The zero-order valence-corrected chi connectivity index (χ0v) is 9.99. The molecule has 0 aliphatic rings. The normalized spacial score (nSPS) is 15.2. The van der Waals surface area contributed by atoms with Crippen LogP contribution < -0.4 is 5.73 Å². The van der Waals surface area contributed by atoms with Gasteiger partial charge in [0.05, 0.1) is 18.8 Å². The van der Waals surface area contributed by atoms with E-state index in [4.69, 9.17) is 10.8 Å². The van der Waals surface area contributed by atoms with Crippen molar-refractivity contribution in [2.24, 2.45) is 5.73 Å².